The van der Waals surface area contributed by atoms with Gasteiger partial charge in [-0.05, 0) is 44.4 Å². The van der Waals surface area contributed by atoms with E-state index in [1.807, 2.05) is 11.8 Å². The van der Waals surface area contributed by atoms with Gasteiger partial charge < -0.3 is 10.0 Å². The number of aliphatic carboxylic acids is 1. The molecule has 7 nitrogen and oxygen atoms in total. The van der Waals surface area contributed by atoms with Crippen molar-refractivity contribution in [3.63, 3.8) is 0 Å². The number of carboxylic acid groups (broad SMARTS) is 1. The second-order valence-corrected chi connectivity index (χ2v) is 8.36. The number of likely N-dealkylation sites (tertiary alicyclic amines) is 1. The van der Waals surface area contributed by atoms with E-state index in [0.717, 1.165) is 44.0 Å². The smallest absolute Gasteiger partial charge is 0.328 e. The lowest BCUT2D eigenvalue weighted by atomic mass is 10.1. The highest BCUT2D eigenvalue weighted by Gasteiger charge is 2.25. The Hall–Kier alpha value is -3.55. The van der Waals surface area contributed by atoms with Crippen LogP contribution in [0, 0.1) is 5.82 Å². The van der Waals surface area contributed by atoms with Crippen molar-refractivity contribution in [1.29, 1.82) is 0 Å². The molecule has 3 heterocycles. The summed E-state index contributed by atoms with van der Waals surface area (Å²) in [6, 6.07) is 8.33. The molecule has 0 aliphatic carbocycles. The van der Waals surface area contributed by atoms with Crippen LogP contribution in [0.15, 0.2) is 36.4 Å². The number of aromatic nitrogens is 3. The number of carbonyl (C=O) groups is 2. The van der Waals surface area contributed by atoms with E-state index in [9.17, 15) is 9.59 Å². The Labute approximate surface area is 191 Å². The van der Waals surface area contributed by atoms with Crippen molar-refractivity contribution >= 4 is 23.6 Å². The van der Waals surface area contributed by atoms with Crippen molar-refractivity contribution < 1.29 is 19.1 Å². The predicted molar refractivity (Wildman–Crippen MR) is 123 cm³/mol. The second kappa shape index (κ2) is 9.52. The van der Waals surface area contributed by atoms with Crippen LogP contribution in [0.25, 0.3) is 23.0 Å². The number of hydrogen-bond acceptors (Lipinski definition) is 4. The maximum atomic E-state index is 15.1. The number of aryl methyl sites for hydroxylation is 1. The topological polar surface area (TPSA) is 87.8 Å². The standard InChI is InChI=1S/C25H27FN4O3/c1-3-18-14-21(25(33)29-13-6-4-5-8-16(29)2)27-22-15-20(28-30(18)22)19-10-7-9-17(24(19)26)11-12-23(31)32/h7,9-12,14-16H,3-6,8,13H2,1-2H3,(H,31,32)/b12-11+/t16-/m1/s1. The highest BCUT2D eigenvalue weighted by atomic mass is 19.1. The number of halogens is 1. The molecule has 2 aromatic heterocycles. The van der Waals surface area contributed by atoms with Crippen molar-refractivity contribution in [2.45, 2.75) is 52.0 Å². The van der Waals surface area contributed by atoms with Gasteiger partial charge in [0.05, 0.1) is 5.69 Å². The number of hydrogen-bond donors (Lipinski definition) is 1. The van der Waals surface area contributed by atoms with Crippen LogP contribution in [0.5, 0.6) is 0 Å². The molecule has 1 saturated heterocycles. The summed E-state index contributed by atoms with van der Waals surface area (Å²) < 4.78 is 16.7. The van der Waals surface area contributed by atoms with Crippen LogP contribution in [0.1, 0.15) is 61.3 Å². The Morgan fingerprint density at radius 2 is 2.06 bits per heavy atom. The van der Waals surface area contributed by atoms with E-state index in [4.69, 9.17) is 5.11 Å². The molecule has 0 bridgehead atoms. The fourth-order valence-corrected chi connectivity index (χ4v) is 4.29. The highest BCUT2D eigenvalue weighted by molar-refractivity contribution is 5.93. The van der Waals surface area contributed by atoms with E-state index in [1.54, 1.807) is 28.8 Å². The molecule has 3 aromatic rings. The third kappa shape index (κ3) is 4.65. The van der Waals surface area contributed by atoms with Crippen molar-refractivity contribution in [3.05, 3.63) is 59.2 Å². The number of rotatable bonds is 5. The van der Waals surface area contributed by atoms with Gasteiger partial charge in [-0.25, -0.2) is 18.7 Å². The molecule has 1 aliphatic heterocycles. The Morgan fingerprint density at radius 1 is 1.24 bits per heavy atom. The lowest BCUT2D eigenvalue weighted by Gasteiger charge is -2.27. The van der Waals surface area contributed by atoms with Gasteiger partial charge in [0.25, 0.3) is 5.91 Å². The average molecular weight is 451 g/mol. The molecule has 8 heteroatoms. The van der Waals surface area contributed by atoms with Crippen LogP contribution in [0.4, 0.5) is 4.39 Å². The van der Waals surface area contributed by atoms with E-state index in [2.05, 4.69) is 17.0 Å². The first-order valence-electron chi connectivity index (χ1n) is 11.3. The number of amides is 1. The molecule has 172 valence electrons. The Bertz CT molecular complexity index is 1230. The van der Waals surface area contributed by atoms with Gasteiger partial charge in [0.2, 0.25) is 0 Å². The van der Waals surface area contributed by atoms with E-state index in [0.29, 0.717) is 23.5 Å². The van der Waals surface area contributed by atoms with Crippen LogP contribution in [-0.4, -0.2) is 49.1 Å². The molecular formula is C25H27FN4O3. The van der Waals surface area contributed by atoms with E-state index >= 15 is 4.39 Å². The molecule has 0 spiro atoms. The molecule has 1 aliphatic rings. The van der Waals surface area contributed by atoms with Gasteiger partial charge in [-0.3, -0.25) is 4.79 Å². The fourth-order valence-electron chi connectivity index (χ4n) is 4.29. The fraction of sp³-hybridized carbons (Fsp3) is 0.360. The zero-order valence-corrected chi connectivity index (χ0v) is 18.8. The Kier molecular flexibility index (Phi) is 6.53. The molecule has 0 radical (unpaired) electrons. The summed E-state index contributed by atoms with van der Waals surface area (Å²) in [5.74, 6) is -1.80. The maximum absolute atomic E-state index is 15.1. The van der Waals surface area contributed by atoms with Gasteiger partial charge >= 0.3 is 5.97 Å². The van der Waals surface area contributed by atoms with Crippen LogP contribution < -0.4 is 0 Å². The largest absolute Gasteiger partial charge is 0.478 e. The van der Waals surface area contributed by atoms with Gasteiger partial charge in [-0.2, -0.15) is 5.10 Å². The van der Waals surface area contributed by atoms with E-state index in [1.165, 1.54) is 12.1 Å². The average Bonchev–Trinajstić information content (AvgIpc) is 3.11. The summed E-state index contributed by atoms with van der Waals surface area (Å²) in [5.41, 5.74) is 2.41. The molecule has 1 fully saturated rings. The van der Waals surface area contributed by atoms with Crippen LogP contribution in [-0.2, 0) is 11.2 Å². The summed E-state index contributed by atoms with van der Waals surface area (Å²) in [5, 5.41) is 13.4. The first-order valence-corrected chi connectivity index (χ1v) is 11.3. The summed E-state index contributed by atoms with van der Waals surface area (Å²) >= 11 is 0. The van der Waals surface area contributed by atoms with Crippen LogP contribution in [0.3, 0.4) is 0 Å². The molecule has 1 N–H and O–H groups in total. The van der Waals surface area contributed by atoms with Crippen molar-refractivity contribution in [2.75, 3.05) is 6.54 Å². The van der Waals surface area contributed by atoms with Gasteiger partial charge in [0.1, 0.15) is 11.5 Å². The summed E-state index contributed by atoms with van der Waals surface area (Å²) in [4.78, 5) is 30.6. The number of carboxylic acids is 1. The minimum absolute atomic E-state index is 0.0867. The third-order valence-corrected chi connectivity index (χ3v) is 6.11. The number of carbonyl (C=O) groups excluding carboxylic acids is 1. The van der Waals surface area contributed by atoms with Crippen molar-refractivity contribution in [1.82, 2.24) is 19.5 Å². The number of nitrogens with zero attached hydrogens (tertiary/aromatic N) is 4. The van der Waals surface area contributed by atoms with Crippen LogP contribution >= 0.6 is 0 Å². The minimum Gasteiger partial charge on any atom is -0.478 e. The van der Waals surface area contributed by atoms with Gasteiger partial charge in [0, 0.05) is 41.5 Å². The maximum Gasteiger partial charge on any atom is 0.328 e. The predicted octanol–water partition coefficient (Wildman–Crippen LogP) is 4.60. The Balaban J connectivity index is 1.75. The highest BCUT2D eigenvalue weighted by Crippen LogP contribution is 2.27. The number of benzene rings is 1. The summed E-state index contributed by atoms with van der Waals surface area (Å²) in [7, 11) is 0. The molecule has 33 heavy (non-hydrogen) atoms. The summed E-state index contributed by atoms with van der Waals surface area (Å²) in [6.07, 6.45) is 6.95. The minimum atomic E-state index is -1.15. The van der Waals surface area contributed by atoms with Gasteiger partial charge in [-0.1, -0.05) is 31.9 Å². The monoisotopic (exact) mass is 450 g/mol. The van der Waals surface area contributed by atoms with E-state index < -0.39 is 11.8 Å². The number of fused-ring (bicyclic) bond motifs is 1. The molecule has 0 unspecified atom stereocenters. The molecule has 4 rings (SSSR count). The van der Waals surface area contributed by atoms with E-state index in [-0.39, 0.29) is 23.1 Å². The zero-order valence-electron chi connectivity index (χ0n) is 18.8. The zero-order chi connectivity index (χ0) is 23.5. The third-order valence-electron chi connectivity index (χ3n) is 6.11. The van der Waals surface area contributed by atoms with Crippen LogP contribution in [0.2, 0.25) is 0 Å². The second-order valence-electron chi connectivity index (χ2n) is 8.36. The Morgan fingerprint density at radius 3 is 2.82 bits per heavy atom. The summed E-state index contributed by atoms with van der Waals surface area (Å²) in [6.45, 7) is 4.77. The van der Waals surface area contributed by atoms with Gasteiger partial charge in [0.15, 0.2) is 5.65 Å². The molecule has 1 amide bonds. The first kappa shape index (κ1) is 22.6. The van der Waals surface area contributed by atoms with Crippen molar-refractivity contribution in [2.24, 2.45) is 0 Å². The first-order chi connectivity index (χ1) is 15.9. The lowest BCUT2D eigenvalue weighted by molar-refractivity contribution is -0.131. The SMILES string of the molecule is CCc1cc(C(=O)N2CCCCC[C@H]2C)nc2cc(-c3cccc(/C=C/C(=O)O)c3F)nn12. The molecular weight excluding hydrogens is 423 g/mol. The molecule has 1 atom stereocenters. The van der Waals surface area contributed by atoms with Crippen molar-refractivity contribution in [3.8, 4) is 11.3 Å². The lowest BCUT2D eigenvalue weighted by Crippen LogP contribution is -2.38. The normalized spacial score (nSPS) is 16.9. The quantitative estimate of drug-likeness (QED) is 0.574. The van der Waals surface area contributed by atoms with Gasteiger partial charge in [-0.15, -0.1) is 0 Å². The molecule has 0 saturated carbocycles. The molecule has 1 aromatic carbocycles.